The largest absolute Gasteiger partial charge is 0.354 e. The van der Waals surface area contributed by atoms with E-state index in [0.717, 1.165) is 6.04 Å². The van der Waals surface area contributed by atoms with Gasteiger partial charge in [-0.1, -0.05) is 6.42 Å². The van der Waals surface area contributed by atoms with Gasteiger partial charge in [-0.3, -0.25) is 0 Å². The Morgan fingerprint density at radius 2 is 2.10 bits per heavy atom. The number of likely N-dealkylation sites (tertiary alicyclic amines) is 1. The quantitative estimate of drug-likeness (QED) is 0.911. The van der Waals surface area contributed by atoms with Crippen molar-refractivity contribution in [1.29, 1.82) is 0 Å². The zero-order valence-electron chi connectivity index (χ0n) is 13.1. The van der Waals surface area contributed by atoms with Crippen LogP contribution in [0.3, 0.4) is 0 Å². The predicted octanol–water partition coefficient (Wildman–Crippen LogP) is 2.96. The number of aromatic nitrogens is 1. The molecule has 1 aromatic rings. The number of aryl methyl sites for hydroxylation is 2. The van der Waals surface area contributed by atoms with E-state index in [1.54, 1.807) is 11.1 Å². The highest BCUT2D eigenvalue weighted by Gasteiger charge is 2.22. The standard InChI is InChI=1S/C17H29N3/c1-18-17-8-5-6-14-12-20(13-16(14)17)11-9-15-7-3-4-10-19(15)2/h12-13,15,17-18H,3-11H2,1-2H3. The van der Waals surface area contributed by atoms with Gasteiger partial charge < -0.3 is 14.8 Å². The monoisotopic (exact) mass is 275 g/mol. The van der Waals surface area contributed by atoms with E-state index in [-0.39, 0.29) is 0 Å². The second-order valence-corrected chi connectivity index (χ2v) is 6.63. The Hall–Kier alpha value is -0.800. The van der Waals surface area contributed by atoms with Gasteiger partial charge in [0.1, 0.15) is 0 Å². The van der Waals surface area contributed by atoms with E-state index in [1.165, 1.54) is 58.0 Å². The molecule has 3 heteroatoms. The van der Waals surface area contributed by atoms with Crippen LogP contribution in [0.4, 0.5) is 0 Å². The Morgan fingerprint density at radius 3 is 2.90 bits per heavy atom. The highest BCUT2D eigenvalue weighted by Crippen LogP contribution is 2.30. The maximum atomic E-state index is 3.46. The van der Waals surface area contributed by atoms with Gasteiger partial charge in [0, 0.05) is 31.0 Å². The van der Waals surface area contributed by atoms with Gasteiger partial charge in [-0.15, -0.1) is 0 Å². The van der Waals surface area contributed by atoms with Crippen LogP contribution in [0, 0.1) is 0 Å². The maximum absolute atomic E-state index is 3.46. The van der Waals surface area contributed by atoms with Crippen LogP contribution < -0.4 is 5.32 Å². The van der Waals surface area contributed by atoms with Gasteiger partial charge in [0.2, 0.25) is 0 Å². The summed E-state index contributed by atoms with van der Waals surface area (Å²) in [7, 11) is 4.38. The molecule has 2 heterocycles. The fraction of sp³-hybridized carbons (Fsp3) is 0.765. The summed E-state index contributed by atoms with van der Waals surface area (Å²) >= 11 is 0. The first-order valence-corrected chi connectivity index (χ1v) is 8.34. The normalized spacial score (nSPS) is 27.5. The van der Waals surface area contributed by atoms with Gasteiger partial charge in [0.25, 0.3) is 0 Å². The summed E-state index contributed by atoms with van der Waals surface area (Å²) < 4.78 is 2.45. The molecular formula is C17H29N3. The van der Waals surface area contributed by atoms with Gasteiger partial charge in [0.05, 0.1) is 0 Å². The van der Waals surface area contributed by atoms with E-state index >= 15 is 0 Å². The number of nitrogens with one attached hydrogen (secondary N) is 1. The maximum Gasteiger partial charge on any atom is 0.0335 e. The van der Waals surface area contributed by atoms with Crippen molar-refractivity contribution in [3.63, 3.8) is 0 Å². The summed E-state index contributed by atoms with van der Waals surface area (Å²) in [6.45, 7) is 2.47. The number of nitrogens with zero attached hydrogens (tertiary/aromatic N) is 2. The van der Waals surface area contributed by atoms with Crippen molar-refractivity contribution in [2.45, 2.75) is 63.6 Å². The van der Waals surface area contributed by atoms with Crippen molar-refractivity contribution in [3.05, 3.63) is 23.5 Å². The number of hydrogen-bond donors (Lipinski definition) is 1. The molecule has 1 aromatic heterocycles. The molecule has 1 N–H and O–H groups in total. The average Bonchev–Trinajstić information content (AvgIpc) is 2.89. The van der Waals surface area contributed by atoms with E-state index in [4.69, 9.17) is 0 Å². The first-order chi connectivity index (χ1) is 9.78. The molecular weight excluding hydrogens is 246 g/mol. The zero-order valence-corrected chi connectivity index (χ0v) is 13.1. The lowest BCUT2D eigenvalue weighted by Gasteiger charge is -2.32. The Morgan fingerprint density at radius 1 is 1.20 bits per heavy atom. The number of fused-ring (bicyclic) bond motifs is 1. The molecule has 0 radical (unpaired) electrons. The fourth-order valence-electron chi connectivity index (χ4n) is 3.98. The summed E-state index contributed by atoms with van der Waals surface area (Å²) in [5, 5.41) is 3.46. The Labute approximate surface area is 123 Å². The van der Waals surface area contributed by atoms with E-state index in [1.807, 2.05) is 0 Å². The first kappa shape index (κ1) is 14.2. The minimum absolute atomic E-state index is 0.581. The molecule has 0 amide bonds. The Bertz CT molecular complexity index is 437. The molecule has 2 unspecified atom stereocenters. The van der Waals surface area contributed by atoms with Crippen LogP contribution in [-0.4, -0.2) is 36.1 Å². The van der Waals surface area contributed by atoms with Gasteiger partial charge >= 0.3 is 0 Å². The van der Waals surface area contributed by atoms with E-state index in [2.05, 4.69) is 41.3 Å². The van der Waals surface area contributed by atoms with Gasteiger partial charge in [-0.05, 0) is 70.3 Å². The van der Waals surface area contributed by atoms with Crippen LogP contribution >= 0.6 is 0 Å². The Balaban J connectivity index is 1.62. The van der Waals surface area contributed by atoms with Crippen LogP contribution in [0.15, 0.2) is 12.4 Å². The van der Waals surface area contributed by atoms with E-state index in [0.29, 0.717) is 6.04 Å². The summed E-state index contributed by atoms with van der Waals surface area (Å²) in [5.74, 6) is 0. The molecule has 0 saturated carbocycles. The lowest BCUT2D eigenvalue weighted by molar-refractivity contribution is 0.171. The summed E-state index contributed by atoms with van der Waals surface area (Å²) in [6.07, 6.45) is 14.2. The third kappa shape index (κ3) is 2.94. The summed E-state index contributed by atoms with van der Waals surface area (Å²) in [5.41, 5.74) is 3.13. The van der Waals surface area contributed by atoms with Crippen molar-refractivity contribution in [2.24, 2.45) is 0 Å². The van der Waals surface area contributed by atoms with Crippen LogP contribution in [0.25, 0.3) is 0 Å². The fourth-order valence-corrected chi connectivity index (χ4v) is 3.98. The number of hydrogen-bond acceptors (Lipinski definition) is 2. The molecule has 0 aromatic carbocycles. The van der Waals surface area contributed by atoms with E-state index in [9.17, 15) is 0 Å². The average molecular weight is 275 g/mol. The predicted molar refractivity (Wildman–Crippen MR) is 84.1 cm³/mol. The van der Waals surface area contributed by atoms with Crippen molar-refractivity contribution in [3.8, 4) is 0 Å². The van der Waals surface area contributed by atoms with Gasteiger partial charge in [0.15, 0.2) is 0 Å². The highest BCUT2D eigenvalue weighted by molar-refractivity contribution is 5.30. The number of piperidine rings is 1. The topological polar surface area (TPSA) is 20.2 Å². The minimum atomic E-state index is 0.581. The van der Waals surface area contributed by atoms with Crippen molar-refractivity contribution >= 4 is 0 Å². The smallest absolute Gasteiger partial charge is 0.0335 e. The second-order valence-electron chi connectivity index (χ2n) is 6.63. The molecule has 3 nitrogen and oxygen atoms in total. The molecule has 112 valence electrons. The zero-order chi connectivity index (χ0) is 13.9. The molecule has 0 spiro atoms. The van der Waals surface area contributed by atoms with Crippen molar-refractivity contribution < 1.29 is 0 Å². The third-order valence-corrected chi connectivity index (χ3v) is 5.30. The molecule has 3 rings (SSSR count). The van der Waals surface area contributed by atoms with Crippen molar-refractivity contribution in [2.75, 3.05) is 20.6 Å². The molecule has 1 fully saturated rings. The molecule has 2 aliphatic rings. The van der Waals surface area contributed by atoms with E-state index < -0.39 is 0 Å². The SMILES string of the molecule is CNC1CCCc2cn(CCC3CCCCN3C)cc21. The highest BCUT2D eigenvalue weighted by atomic mass is 15.1. The van der Waals surface area contributed by atoms with Crippen LogP contribution in [0.1, 0.15) is 55.7 Å². The van der Waals surface area contributed by atoms with Gasteiger partial charge in [-0.25, -0.2) is 0 Å². The molecule has 1 aliphatic heterocycles. The second kappa shape index (κ2) is 6.31. The minimum Gasteiger partial charge on any atom is -0.354 e. The number of rotatable bonds is 4. The van der Waals surface area contributed by atoms with Crippen LogP contribution in [0.2, 0.25) is 0 Å². The molecule has 0 bridgehead atoms. The van der Waals surface area contributed by atoms with Crippen LogP contribution in [-0.2, 0) is 13.0 Å². The van der Waals surface area contributed by atoms with Gasteiger partial charge in [-0.2, -0.15) is 0 Å². The lowest BCUT2D eigenvalue weighted by Crippen LogP contribution is -2.36. The molecule has 1 saturated heterocycles. The summed E-state index contributed by atoms with van der Waals surface area (Å²) in [6, 6.07) is 1.38. The Kier molecular flexibility index (Phi) is 4.47. The van der Waals surface area contributed by atoms with Crippen molar-refractivity contribution in [1.82, 2.24) is 14.8 Å². The molecule has 1 aliphatic carbocycles. The summed E-state index contributed by atoms with van der Waals surface area (Å²) in [4.78, 5) is 2.56. The van der Waals surface area contributed by atoms with Crippen LogP contribution in [0.5, 0.6) is 0 Å². The first-order valence-electron chi connectivity index (χ1n) is 8.34. The lowest BCUT2D eigenvalue weighted by atomic mass is 9.91. The molecule has 20 heavy (non-hydrogen) atoms. The third-order valence-electron chi connectivity index (χ3n) is 5.30. The molecule has 2 atom stereocenters.